The van der Waals surface area contributed by atoms with E-state index in [9.17, 15) is 4.79 Å². The molecule has 8 heteroatoms. The van der Waals surface area contributed by atoms with Gasteiger partial charge in [-0.2, -0.15) is 5.10 Å². The van der Waals surface area contributed by atoms with Gasteiger partial charge in [-0.05, 0) is 33.3 Å². The number of hydrogen-bond donors (Lipinski definition) is 1. The number of rotatable bonds is 5. The average molecular weight is 462 g/mol. The van der Waals surface area contributed by atoms with Gasteiger partial charge in [0, 0.05) is 58.4 Å². The quantitative estimate of drug-likeness (QED) is 0.313. The Morgan fingerprint density at radius 3 is 2.40 bits per heavy atom. The minimum absolute atomic E-state index is 0. The molecule has 1 N–H and O–H groups in total. The number of amides is 1. The molecule has 0 unspecified atom stereocenters. The van der Waals surface area contributed by atoms with Crippen molar-refractivity contribution in [2.75, 3.05) is 39.3 Å². The summed E-state index contributed by atoms with van der Waals surface area (Å²) >= 11 is 0. The lowest BCUT2D eigenvalue weighted by Gasteiger charge is -2.36. The van der Waals surface area contributed by atoms with Gasteiger partial charge in [0.1, 0.15) is 0 Å². The van der Waals surface area contributed by atoms with Gasteiger partial charge in [-0.3, -0.25) is 14.5 Å². The molecule has 1 amide bonds. The van der Waals surface area contributed by atoms with Gasteiger partial charge in [0.25, 0.3) is 0 Å². The SMILES string of the molecule is CCNC(=NCCCn1nc(C)cc1C)N1CCN(C(C)=O)CC1.I. The summed E-state index contributed by atoms with van der Waals surface area (Å²) < 4.78 is 2.05. The molecular formula is C17H31IN6O. The van der Waals surface area contributed by atoms with Crippen LogP contribution in [-0.4, -0.2) is 70.7 Å². The maximum absolute atomic E-state index is 11.4. The van der Waals surface area contributed by atoms with Gasteiger partial charge in [0.15, 0.2) is 5.96 Å². The third kappa shape index (κ3) is 6.48. The van der Waals surface area contributed by atoms with Gasteiger partial charge in [-0.15, -0.1) is 24.0 Å². The summed E-state index contributed by atoms with van der Waals surface area (Å²) in [6, 6.07) is 2.10. The van der Waals surface area contributed by atoms with Gasteiger partial charge in [0.2, 0.25) is 5.91 Å². The average Bonchev–Trinajstić information content (AvgIpc) is 2.88. The Hall–Kier alpha value is -1.32. The second kappa shape index (κ2) is 10.6. The lowest BCUT2D eigenvalue weighted by molar-refractivity contribution is -0.130. The summed E-state index contributed by atoms with van der Waals surface area (Å²) in [4.78, 5) is 20.3. The number of guanidine groups is 1. The van der Waals surface area contributed by atoms with E-state index in [1.54, 1.807) is 6.92 Å². The first kappa shape index (κ1) is 21.7. The van der Waals surface area contributed by atoms with Crippen molar-refractivity contribution in [3.8, 4) is 0 Å². The summed E-state index contributed by atoms with van der Waals surface area (Å²) in [5.74, 6) is 1.11. The maximum Gasteiger partial charge on any atom is 0.219 e. The molecular weight excluding hydrogens is 431 g/mol. The number of aromatic nitrogens is 2. The van der Waals surface area contributed by atoms with Crippen LogP contribution >= 0.6 is 24.0 Å². The number of hydrogen-bond acceptors (Lipinski definition) is 3. The van der Waals surface area contributed by atoms with Crippen LogP contribution in [-0.2, 0) is 11.3 Å². The Morgan fingerprint density at radius 2 is 1.88 bits per heavy atom. The molecule has 142 valence electrons. The van der Waals surface area contributed by atoms with Crippen molar-refractivity contribution in [2.24, 2.45) is 4.99 Å². The Balaban J connectivity index is 0.00000312. The van der Waals surface area contributed by atoms with Crippen LogP contribution in [0.1, 0.15) is 31.7 Å². The van der Waals surface area contributed by atoms with Crippen molar-refractivity contribution in [3.63, 3.8) is 0 Å². The minimum Gasteiger partial charge on any atom is -0.357 e. The molecule has 1 aliphatic rings. The molecule has 0 aliphatic carbocycles. The van der Waals surface area contributed by atoms with E-state index in [-0.39, 0.29) is 29.9 Å². The van der Waals surface area contributed by atoms with E-state index in [0.29, 0.717) is 0 Å². The molecule has 1 aliphatic heterocycles. The van der Waals surface area contributed by atoms with E-state index in [1.807, 2.05) is 16.5 Å². The molecule has 7 nitrogen and oxygen atoms in total. The van der Waals surface area contributed by atoms with Crippen molar-refractivity contribution in [1.82, 2.24) is 24.9 Å². The van der Waals surface area contributed by atoms with Crippen LogP contribution in [0.2, 0.25) is 0 Å². The lowest BCUT2D eigenvalue weighted by Crippen LogP contribution is -2.53. The molecule has 1 fully saturated rings. The van der Waals surface area contributed by atoms with Gasteiger partial charge in [0.05, 0.1) is 5.69 Å². The highest BCUT2D eigenvalue weighted by atomic mass is 127. The Kier molecular flexibility index (Phi) is 9.23. The summed E-state index contributed by atoms with van der Waals surface area (Å²) in [7, 11) is 0. The molecule has 1 saturated heterocycles. The van der Waals surface area contributed by atoms with Crippen LogP contribution in [0.4, 0.5) is 0 Å². The third-order valence-electron chi connectivity index (χ3n) is 4.25. The third-order valence-corrected chi connectivity index (χ3v) is 4.25. The Bertz CT molecular complexity index is 578. The van der Waals surface area contributed by atoms with Crippen molar-refractivity contribution >= 4 is 35.8 Å². The number of aliphatic imine (C=N–C) groups is 1. The zero-order valence-electron chi connectivity index (χ0n) is 15.8. The molecule has 25 heavy (non-hydrogen) atoms. The van der Waals surface area contributed by atoms with Crippen LogP contribution in [0, 0.1) is 13.8 Å². The first-order valence-electron chi connectivity index (χ1n) is 8.81. The number of carbonyl (C=O) groups excluding carboxylic acids is 1. The molecule has 0 radical (unpaired) electrons. The van der Waals surface area contributed by atoms with Gasteiger partial charge >= 0.3 is 0 Å². The monoisotopic (exact) mass is 462 g/mol. The molecule has 2 heterocycles. The van der Waals surface area contributed by atoms with E-state index in [4.69, 9.17) is 4.99 Å². The van der Waals surface area contributed by atoms with Gasteiger partial charge < -0.3 is 15.1 Å². The smallest absolute Gasteiger partial charge is 0.219 e. The normalized spacial score (nSPS) is 15.1. The van der Waals surface area contributed by atoms with Crippen molar-refractivity contribution in [3.05, 3.63) is 17.5 Å². The summed E-state index contributed by atoms with van der Waals surface area (Å²) in [5, 5.41) is 7.84. The van der Waals surface area contributed by atoms with Crippen molar-refractivity contribution in [2.45, 2.75) is 40.7 Å². The standard InChI is InChI=1S/C17H30N6O.HI/c1-5-18-17(22-11-9-21(10-12-22)16(4)24)19-7-6-8-23-15(3)13-14(2)20-23;/h13H,5-12H2,1-4H3,(H,18,19);1H. The van der Waals surface area contributed by atoms with E-state index >= 15 is 0 Å². The van der Waals surface area contributed by atoms with Crippen LogP contribution in [0.3, 0.4) is 0 Å². The highest BCUT2D eigenvalue weighted by Crippen LogP contribution is 2.05. The van der Waals surface area contributed by atoms with Crippen molar-refractivity contribution in [1.29, 1.82) is 0 Å². The number of carbonyl (C=O) groups is 1. The summed E-state index contributed by atoms with van der Waals surface area (Å²) in [6.07, 6.45) is 0.963. The van der Waals surface area contributed by atoms with E-state index in [1.165, 1.54) is 5.69 Å². The summed E-state index contributed by atoms with van der Waals surface area (Å²) in [5.41, 5.74) is 2.26. The Morgan fingerprint density at radius 1 is 1.24 bits per heavy atom. The number of piperazine rings is 1. The van der Waals surface area contributed by atoms with E-state index in [0.717, 1.165) is 63.9 Å². The second-order valence-electron chi connectivity index (χ2n) is 6.23. The van der Waals surface area contributed by atoms with E-state index in [2.05, 4.69) is 35.2 Å². The molecule has 0 atom stereocenters. The van der Waals surface area contributed by atoms with Crippen LogP contribution in [0.15, 0.2) is 11.1 Å². The number of nitrogens with one attached hydrogen (secondary N) is 1. The predicted octanol–water partition coefficient (Wildman–Crippen LogP) is 1.64. The zero-order chi connectivity index (χ0) is 17.5. The molecule has 1 aromatic heterocycles. The molecule has 0 spiro atoms. The van der Waals surface area contributed by atoms with Gasteiger partial charge in [-0.25, -0.2) is 0 Å². The highest BCUT2D eigenvalue weighted by molar-refractivity contribution is 14.0. The van der Waals surface area contributed by atoms with Crippen LogP contribution in [0.5, 0.6) is 0 Å². The van der Waals surface area contributed by atoms with Gasteiger partial charge in [-0.1, -0.05) is 0 Å². The highest BCUT2D eigenvalue weighted by Gasteiger charge is 2.20. The van der Waals surface area contributed by atoms with Crippen molar-refractivity contribution < 1.29 is 4.79 Å². The van der Waals surface area contributed by atoms with Crippen LogP contribution < -0.4 is 5.32 Å². The zero-order valence-corrected chi connectivity index (χ0v) is 18.1. The second-order valence-corrected chi connectivity index (χ2v) is 6.23. The number of halogens is 1. The molecule has 1 aromatic rings. The minimum atomic E-state index is 0. The maximum atomic E-state index is 11.4. The topological polar surface area (TPSA) is 65.8 Å². The molecule has 0 aromatic carbocycles. The predicted molar refractivity (Wildman–Crippen MR) is 112 cm³/mol. The fraction of sp³-hybridized carbons (Fsp3) is 0.706. The van der Waals surface area contributed by atoms with Crippen LogP contribution in [0.25, 0.3) is 0 Å². The number of aryl methyl sites for hydroxylation is 3. The summed E-state index contributed by atoms with van der Waals surface area (Å²) in [6.45, 7) is 13.5. The Labute approximate surface area is 167 Å². The molecule has 0 saturated carbocycles. The fourth-order valence-corrected chi connectivity index (χ4v) is 2.97. The first-order valence-corrected chi connectivity index (χ1v) is 8.81. The fourth-order valence-electron chi connectivity index (χ4n) is 2.97. The molecule has 2 rings (SSSR count). The number of nitrogens with zero attached hydrogens (tertiary/aromatic N) is 5. The largest absolute Gasteiger partial charge is 0.357 e. The molecule has 0 bridgehead atoms. The van der Waals surface area contributed by atoms with E-state index < -0.39 is 0 Å². The first-order chi connectivity index (χ1) is 11.5. The lowest BCUT2D eigenvalue weighted by atomic mass is 10.3.